The molecule has 1 aromatic rings. The molecule has 1 aromatic heterocycles. The zero-order chi connectivity index (χ0) is 12.7. The maximum absolute atomic E-state index is 11.9. The average molecular weight is 258 g/mol. The number of amides is 1. The molecule has 0 aliphatic heterocycles. The summed E-state index contributed by atoms with van der Waals surface area (Å²) in [6.45, 7) is 0.837. The fourth-order valence-electron chi connectivity index (χ4n) is 1.36. The molecule has 0 spiro atoms. The number of hydrogen-bond acceptors (Lipinski definition) is 4. The Balaban J connectivity index is 2.43. The monoisotopic (exact) mass is 257 g/mol. The minimum absolute atomic E-state index is 0.168. The van der Waals surface area contributed by atoms with Gasteiger partial charge in [-0.2, -0.15) is 0 Å². The van der Waals surface area contributed by atoms with E-state index in [0.717, 1.165) is 19.3 Å². The first kappa shape index (κ1) is 13.9. The van der Waals surface area contributed by atoms with Crippen LogP contribution in [-0.4, -0.2) is 46.1 Å². The largest absolute Gasteiger partial charge is 0.396 e. The summed E-state index contributed by atoms with van der Waals surface area (Å²) in [5.74, 6) is -0.168. The first-order valence-electron chi connectivity index (χ1n) is 5.49. The van der Waals surface area contributed by atoms with Crippen LogP contribution in [-0.2, 0) is 0 Å². The molecule has 0 bridgehead atoms. The topological polar surface area (TPSA) is 66.3 Å². The van der Waals surface area contributed by atoms with Gasteiger partial charge in [0, 0.05) is 20.2 Å². The number of rotatable bonds is 6. The Morgan fingerprint density at radius 2 is 2.12 bits per heavy atom. The van der Waals surface area contributed by atoms with Gasteiger partial charge in [-0.15, -0.1) is 0 Å². The van der Waals surface area contributed by atoms with Crippen molar-refractivity contribution in [1.29, 1.82) is 0 Å². The van der Waals surface area contributed by atoms with E-state index < -0.39 is 0 Å². The van der Waals surface area contributed by atoms with E-state index in [4.69, 9.17) is 16.7 Å². The summed E-state index contributed by atoms with van der Waals surface area (Å²) in [6, 6.07) is 0. The number of aromatic nitrogens is 2. The molecule has 17 heavy (non-hydrogen) atoms. The minimum Gasteiger partial charge on any atom is -0.396 e. The lowest BCUT2D eigenvalue weighted by Crippen LogP contribution is -2.28. The summed E-state index contributed by atoms with van der Waals surface area (Å²) in [7, 11) is 1.72. The van der Waals surface area contributed by atoms with Gasteiger partial charge in [-0.3, -0.25) is 4.79 Å². The molecule has 0 atom stereocenters. The Bertz CT molecular complexity index is 356. The second kappa shape index (κ2) is 7.19. The van der Waals surface area contributed by atoms with E-state index in [1.807, 2.05) is 0 Å². The lowest BCUT2D eigenvalue weighted by molar-refractivity contribution is 0.0786. The smallest absolute Gasteiger partial charge is 0.273 e. The zero-order valence-corrected chi connectivity index (χ0v) is 10.5. The first-order chi connectivity index (χ1) is 8.15. The molecule has 0 aromatic carbocycles. The number of aliphatic hydroxyl groups excluding tert-OH is 1. The maximum atomic E-state index is 11.9. The number of hydrogen-bond donors (Lipinski definition) is 1. The van der Waals surface area contributed by atoms with E-state index >= 15 is 0 Å². The molecular formula is C11H16ClN3O2. The minimum atomic E-state index is -0.168. The lowest BCUT2D eigenvalue weighted by atomic mass is 10.2. The zero-order valence-electron chi connectivity index (χ0n) is 9.77. The lowest BCUT2D eigenvalue weighted by Gasteiger charge is -2.16. The average Bonchev–Trinajstić information content (AvgIpc) is 2.34. The Labute approximate surface area is 105 Å². The van der Waals surface area contributed by atoms with Crippen LogP contribution in [0.5, 0.6) is 0 Å². The van der Waals surface area contributed by atoms with Crippen LogP contribution >= 0.6 is 11.6 Å². The van der Waals surface area contributed by atoms with Gasteiger partial charge in [0.05, 0.1) is 12.4 Å². The Hall–Kier alpha value is -1.20. The van der Waals surface area contributed by atoms with Crippen LogP contribution in [0.15, 0.2) is 12.4 Å². The summed E-state index contributed by atoms with van der Waals surface area (Å²) in [5.41, 5.74) is 0.291. The Morgan fingerprint density at radius 1 is 1.35 bits per heavy atom. The van der Waals surface area contributed by atoms with Crippen molar-refractivity contribution in [2.45, 2.75) is 19.3 Å². The van der Waals surface area contributed by atoms with Gasteiger partial charge in [-0.25, -0.2) is 9.97 Å². The second-order valence-corrected chi connectivity index (χ2v) is 4.12. The van der Waals surface area contributed by atoms with Gasteiger partial charge in [0.25, 0.3) is 5.91 Å². The molecule has 0 radical (unpaired) electrons. The van der Waals surface area contributed by atoms with Gasteiger partial charge in [0.15, 0.2) is 0 Å². The van der Waals surface area contributed by atoms with Gasteiger partial charge in [0.2, 0.25) is 0 Å². The van der Waals surface area contributed by atoms with Crippen molar-refractivity contribution in [3.05, 3.63) is 23.2 Å². The van der Waals surface area contributed by atoms with Gasteiger partial charge < -0.3 is 10.0 Å². The molecule has 0 unspecified atom stereocenters. The van der Waals surface area contributed by atoms with Crippen LogP contribution in [0.3, 0.4) is 0 Å². The van der Waals surface area contributed by atoms with E-state index in [9.17, 15) is 4.79 Å². The Kier molecular flexibility index (Phi) is 5.86. The summed E-state index contributed by atoms with van der Waals surface area (Å²) in [6.07, 6.45) is 5.26. The molecule has 5 nitrogen and oxygen atoms in total. The molecule has 0 aliphatic carbocycles. The highest BCUT2D eigenvalue weighted by Gasteiger charge is 2.12. The summed E-state index contributed by atoms with van der Waals surface area (Å²) in [4.78, 5) is 21.2. The van der Waals surface area contributed by atoms with Crippen molar-refractivity contribution in [2.75, 3.05) is 20.2 Å². The molecule has 0 fully saturated rings. The SMILES string of the molecule is CN(CCCCCO)C(=O)c1cnc(Cl)cn1. The third kappa shape index (κ3) is 4.66. The number of carbonyl (C=O) groups is 1. The molecular weight excluding hydrogens is 242 g/mol. The summed E-state index contributed by atoms with van der Waals surface area (Å²) in [5, 5.41) is 8.90. The summed E-state index contributed by atoms with van der Waals surface area (Å²) < 4.78 is 0. The molecule has 94 valence electrons. The predicted molar refractivity (Wildman–Crippen MR) is 64.9 cm³/mol. The van der Waals surface area contributed by atoms with Crippen LogP contribution in [0.2, 0.25) is 5.15 Å². The molecule has 1 heterocycles. The standard InChI is InChI=1S/C11H16ClN3O2/c1-15(5-3-2-4-6-16)11(17)9-7-14-10(12)8-13-9/h7-8,16H,2-6H2,1H3. The van der Waals surface area contributed by atoms with E-state index in [1.165, 1.54) is 12.4 Å². The van der Waals surface area contributed by atoms with Crippen LogP contribution in [0.1, 0.15) is 29.8 Å². The normalized spacial score (nSPS) is 10.3. The van der Waals surface area contributed by atoms with Gasteiger partial charge in [-0.1, -0.05) is 11.6 Å². The van der Waals surface area contributed by atoms with Crippen LogP contribution in [0, 0.1) is 0 Å². The first-order valence-corrected chi connectivity index (χ1v) is 5.87. The molecule has 0 saturated carbocycles. The van der Waals surface area contributed by atoms with Gasteiger partial charge in [-0.05, 0) is 19.3 Å². The van der Waals surface area contributed by atoms with Crippen molar-refractivity contribution in [3.63, 3.8) is 0 Å². The van der Waals surface area contributed by atoms with Crippen molar-refractivity contribution < 1.29 is 9.90 Å². The van der Waals surface area contributed by atoms with E-state index in [-0.39, 0.29) is 17.7 Å². The third-order valence-corrected chi connectivity index (χ3v) is 2.53. The molecule has 0 aliphatic rings. The summed E-state index contributed by atoms with van der Waals surface area (Å²) >= 11 is 5.59. The second-order valence-electron chi connectivity index (χ2n) is 3.74. The van der Waals surface area contributed by atoms with Crippen molar-refractivity contribution in [1.82, 2.24) is 14.9 Å². The van der Waals surface area contributed by atoms with Crippen LogP contribution in [0.25, 0.3) is 0 Å². The maximum Gasteiger partial charge on any atom is 0.273 e. The van der Waals surface area contributed by atoms with Crippen molar-refractivity contribution in [2.24, 2.45) is 0 Å². The number of unbranched alkanes of at least 4 members (excludes halogenated alkanes) is 2. The highest BCUT2D eigenvalue weighted by molar-refractivity contribution is 6.29. The third-order valence-electron chi connectivity index (χ3n) is 2.34. The van der Waals surface area contributed by atoms with E-state index in [0.29, 0.717) is 12.2 Å². The number of aliphatic hydroxyl groups is 1. The van der Waals surface area contributed by atoms with Gasteiger partial charge >= 0.3 is 0 Å². The van der Waals surface area contributed by atoms with Crippen molar-refractivity contribution >= 4 is 17.5 Å². The van der Waals surface area contributed by atoms with E-state index in [1.54, 1.807) is 11.9 Å². The highest BCUT2D eigenvalue weighted by atomic mass is 35.5. The number of carbonyl (C=O) groups excluding carboxylic acids is 1. The molecule has 1 amide bonds. The fourth-order valence-corrected chi connectivity index (χ4v) is 1.45. The molecule has 6 heteroatoms. The van der Waals surface area contributed by atoms with Crippen molar-refractivity contribution in [3.8, 4) is 0 Å². The molecule has 1 rings (SSSR count). The molecule has 1 N–H and O–H groups in total. The number of halogens is 1. The van der Waals surface area contributed by atoms with Crippen LogP contribution < -0.4 is 0 Å². The molecule has 0 saturated heterocycles. The van der Waals surface area contributed by atoms with Crippen LogP contribution in [0.4, 0.5) is 0 Å². The Morgan fingerprint density at radius 3 is 2.71 bits per heavy atom. The van der Waals surface area contributed by atoms with E-state index in [2.05, 4.69) is 9.97 Å². The highest BCUT2D eigenvalue weighted by Crippen LogP contribution is 2.05. The predicted octanol–water partition coefficient (Wildman–Crippen LogP) is 1.36. The fraction of sp³-hybridized carbons (Fsp3) is 0.545. The quantitative estimate of drug-likeness (QED) is 0.782. The number of nitrogens with zero attached hydrogens (tertiary/aromatic N) is 3. The van der Waals surface area contributed by atoms with Gasteiger partial charge in [0.1, 0.15) is 10.8 Å².